The number of nitrogens with zero attached hydrogens (tertiary/aromatic N) is 3. The van der Waals surface area contributed by atoms with Gasteiger partial charge in [-0.25, -0.2) is 18.1 Å². The van der Waals surface area contributed by atoms with Gasteiger partial charge in [0.25, 0.3) is 0 Å². The number of nitrogens with one attached hydrogen (secondary N) is 1. The van der Waals surface area contributed by atoms with Gasteiger partial charge in [-0.1, -0.05) is 6.07 Å². The van der Waals surface area contributed by atoms with Crippen LogP contribution in [0, 0.1) is 0 Å². The summed E-state index contributed by atoms with van der Waals surface area (Å²) in [6.07, 6.45) is 4.77. The van der Waals surface area contributed by atoms with Crippen LogP contribution in [-0.2, 0) is 23.1 Å². The average Bonchev–Trinajstić information content (AvgIpc) is 3.19. The lowest BCUT2D eigenvalue weighted by molar-refractivity contribution is 0.173. The molecule has 0 spiro atoms. The zero-order valence-electron chi connectivity index (χ0n) is 13.9. The number of sulfonamides is 1. The number of ether oxygens (including phenoxy) is 2. The highest BCUT2D eigenvalue weighted by atomic mass is 32.2. The average molecular weight is 364 g/mol. The van der Waals surface area contributed by atoms with Crippen LogP contribution in [0.25, 0.3) is 0 Å². The van der Waals surface area contributed by atoms with E-state index in [9.17, 15) is 8.42 Å². The fourth-order valence-corrected chi connectivity index (χ4v) is 3.79. The Morgan fingerprint density at radius 3 is 3.00 bits per heavy atom. The quantitative estimate of drug-likeness (QED) is 0.841. The Morgan fingerprint density at radius 2 is 2.16 bits per heavy atom. The highest BCUT2D eigenvalue weighted by Crippen LogP contribution is 2.33. The summed E-state index contributed by atoms with van der Waals surface area (Å²) in [5, 5.41) is 0. The number of fused-ring (bicyclic) bond motifs is 2. The SMILES string of the molecule is CS(=O)(=O)NCC1CN(Cc2ccc3c(c2)OCO3)Cc2cncn21. The van der Waals surface area contributed by atoms with Gasteiger partial charge >= 0.3 is 0 Å². The minimum Gasteiger partial charge on any atom is -0.454 e. The molecule has 2 aromatic rings. The van der Waals surface area contributed by atoms with Crippen molar-refractivity contribution >= 4 is 10.0 Å². The van der Waals surface area contributed by atoms with Crippen LogP contribution < -0.4 is 14.2 Å². The second-order valence-electron chi connectivity index (χ2n) is 6.42. The van der Waals surface area contributed by atoms with Gasteiger partial charge in [0, 0.05) is 32.4 Å². The van der Waals surface area contributed by atoms with Crippen LogP contribution in [0.5, 0.6) is 11.5 Å². The standard InChI is InChI=1S/C16H20N4O4S/c1-25(21,22)18-6-14-9-19(8-13-5-17-10-20(13)14)7-12-2-3-15-16(4-12)24-11-23-15/h2-5,10,14,18H,6-9,11H2,1H3. The van der Waals surface area contributed by atoms with Crippen LogP contribution in [0.4, 0.5) is 0 Å². The summed E-state index contributed by atoms with van der Waals surface area (Å²) < 4.78 is 38.3. The second kappa shape index (κ2) is 6.32. The Morgan fingerprint density at radius 1 is 1.32 bits per heavy atom. The van der Waals surface area contributed by atoms with Crippen molar-refractivity contribution in [1.82, 2.24) is 19.2 Å². The Balaban J connectivity index is 1.49. The smallest absolute Gasteiger partial charge is 0.231 e. The first kappa shape index (κ1) is 16.4. The molecule has 1 atom stereocenters. The number of rotatable bonds is 5. The van der Waals surface area contributed by atoms with Crippen LogP contribution in [-0.4, -0.2) is 49.0 Å². The molecule has 3 heterocycles. The fourth-order valence-electron chi connectivity index (χ4n) is 3.29. The van der Waals surface area contributed by atoms with Crippen molar-refractivity contribution in [2.75, 3.05) is 26.1 Å². The number of aromatic nitrogens is 2. The van der Waals surface area contributed by atoms with E-state index in [0.29, 0.717) is 6.54 Å². The Bertz CT molecular complexity index is 880. The normalized spacial score (nSPS) is 19.8. The molecule has 9 heteroatoms. The zero-order chi connectivity index (χ0) is 17.4. The Labute approximate surface area is 146 Å². The molecule has 4 rings (SSSR count). The monoisotopic (exact) mass is 364 g/mol. The highest BCUT2D eigenvalue weighted by Gasteiger charge is 2.26. The van der Waals surface area contributed by atoms with E-state index >= 15 is 0 Å². The van der Waals surface area contributed by atoms with Crippen molar-refractivity contribution in [3.8, 4) is 11.5 Å². The van der Waals surface area contributed by atoms with Gasteiger partial charge in [0.05, 0.1) is 24.3 Å². The first-order chi connectivity index (χ1) is 12.0. The maximum atomic E-state index is 11.4. The minimum absolute atomic E-state index is 0.00925. The van der Waals surface area contributed by atoms with Crippen molar-refractivity contribution in [3.05, 3.63) is 42.0 Å². The van der Waals surface area contributed by atoms with E-state index in [-0.39, 0.29) is 12.8 Å². The van der Waals surface area contributed by atoms with Crippen LogP contribution in [0.15, 0.2) is 30.7 Å². The molecule has 0 aliphatic carbocycles. The van der Waals surface area contributed by atoms with E-state index in [0.717, 1.165) is 42.4 Å². The first-order valence-corrected chi connectivity index (χ1v) is 9.93. The van der Waals surface area contributed by atoms with Gasteiger partial charge in [-0.05, 0) is 17.7 Å². The van der Waals surface area contributed by atoms with E-state index in [1.54, 1.807) is 6.33 Å². The lowest BCUT2D eigenvalue weighted by Gasteiger charge is -2.34. The molecule has 0 radical (unpaired) electrons. The largest absolute Gasteiger partial charge is 0.454 e. The van der Waals surface area contributed by atoms with Crippen molar-refractivity contribution in [3.63, 3.8) is 0 Å². The highest BCUT2D eigenvalue weighted by molar-refractivity contribution is 7.88. The second-order valence-corrected chi connectivity index (χ2v) is 8.26. The summed E-state index contributed by atoms with van der Waals surface area (Å²) in [6, 6.07) is 5.96. The molecule has 0 amide bonds. The van der Waals surface area contributed by atoms with Gasteiger partial charge in [-0.15, -0.1) is 0 Å². The lowest BCUT2D eigenvalue weighted by atomic mass is 10.1. The molecule has 2 aliphatic rings. The number of hydrogen-bond acceptors (Lipinski definition) is 6. The van der Waals surface area contributed by atoms with Crippen molar-refractivity contribution < 1.29 is 17.9 Å². The third-order valence-corrected chi connectivity index (χ3v) is 5.11. The molecule has 0 saturated carbocycles. The predicted octanol–water partition coefficient (Wildman–Crippen LogP) is 0.718. The molecule has 1 aromatic heterocycles. The van der Waals surface area contributed by atoms with Crippen LogP contribution >= 0.6 is 0 Å². The zero-order valence-corrected chi connectivity index (χ0v) is 14.7. The summed E-state index contributed by atoms with van der Waals surface area (Å²) in [4.78, 5) is 6.49. The molecule has 8 nitrogen and oxygen atoms in total. The molecule has 1 N–H and O–H groups in total. The van der Waals surface area contributed by atoms with E-state index in [1.807, 2.05) is 29.0 Å². The number of imidazole rings is 1. The van der Waals surface area contributed by atoms with E-state index in [2.05, 4.69) is 14.6 Å². The molecule has 1 unspecified atom stereocenters. The van der Waals surface area contributed by atoms with Crippen LogP contribution in [0.3, 0.4) is 0 Å². The topological polar surface area (TPSA) is 85.7 Å². The van der Waals surface area contributed by atoms with Crippen molar-refractivity contribution in [1.29, 1.82) is 0 Å². The molecule has 1 aromatic carbocycles. The molecule has 25 heavy (non-hydrogen) atoms. The summed E-state index contributed by atoms with van der Waals surface area (Å²) in [6.45, 7) is 2.86. The third kappa shape index (κ3) is 3.63. The van der Waals surface area contributed by atoms with Gasteiger partial charge in [0.2, 0.25) is 16.8 Å². The van der Waals surface area contributed by atoms with E-state index in [4.69, 9.17) is 9.47 Å². The maximum absolute atomic E-state index is 11.4. The van der Waals surface area contributed by atoms with Crippen LogP contribution in [0.2, 0.25) is 0 Å². The molecular weight excluding hydrogens is 344 g/mol. The maximum Gasteiger partial charge on any atom is 0.231 e. The Hall–Kier alpha value is -2.10. The molecule has 0 saturated heterocycles. The van der Waals surface area contributed by atoms with Crippen molar-refractivity contribution in [2.24, 2.45) is 0 Å². The van der Waals surface area contributed by atoms with Gasteiger partial charge in [0.15, 0.2) is 11.5 Å². The van der Waals surface area contributed by atoms with Gasteiger partial charge in [-0.2, -0.15) is 0 Å². The predicted molar refractivity (Wildman–Crippen MR) is 90.8 cm³/mol. The summed E-state index contributed by atoms with van der Waals surface area (Å²) >= 11 is 0. The van der Waals surface area contributed by atoms with Crippen LogP contribution in [0.1, 0.15) is 17.3 Å². The molecule has 2 aliphatic heterocycles. The summed E-state index contributed by atoms with van der Waals surface area (Å²) in [7, 11) is -3.22. The molecule has 0 fully saturated rings. The fraction of sp³-hybridized carbons (Fsp3) is 0.438. The van der Waals surface area contributed by atoms with Gasteiger partial charge in [0.1, 0.15) is 0 Å². The third-order valence-electron chi connectivity index (χ3n) is 4.42. The first-order valence-electron chi connectivity index (χ1n) is 8.04. The molecular formula is C16H20N4O4S. The lowest BCUT2D eigenvalue weighted by Crippen LogP contribution is -2.41. The van der Waals surface area contributed by atoms with E-state index < -0.39 is 10.0 Å². The molecule has 0 bridgehead atoms. The minimum atomic E-state index is -3.22. The van der Waals surface area contributed by atoms with Crippen molar-refractivity contribution in [2.45, 2.75) is 19.1 Å². The molecule has 134 valence electrons. The van der Waals surface area contributed by atoms with Gasteiger partial charge in [-0.3, -0.25) is 4.90 Å². The summed E-state index contributed by atoms with van der Waals surface area (Å²) in [5.74, 6) is 1.55. The van der Waals surface area contributed by atoms with Gasteiger partial charge < -0.3 is 14.0 Å². The Kier molecular flexibility index (Phi) is 4.14. The number of hydrogen-bond donors (Lipinski definition) is 1. The summed E-state index contributed by atoms with van der Waals surface area (Å²) in [5.41, 5.74) is 2.21. The number of benzene rings is 1. The van der Waals surface area contributed by atoms with E-state index in [1.165, 1.54) is 6.26 Å².